The van der Waals surface area contributed by atoms with Gasteiger partial charge in [-0.25, -0.2) is 24.8 Å². The molecule has 0 saturated carbocycles. The van der Waals surface area contributed by atoms with Crippen molar-refractivity contribution < 1.29 is 28.6 Å². The van der Waals surface area contributed by atoms with Crippen LogP contribution in [-0.4, -0.2) is 58.5 Å². The maximum atomic E-state index is 12.7. The molecule has 9 heteroatoms. The lowest BCUT2D eigenvalue weighted by atomic mass is 10.2. The first-order valence-corrected chi connectivity index (χ1v) is 10.5. The Hall–Kier alpha value is -3.23. The van der Waals surface area contributed by atoms with Gasteiger partial charge in [-0.05, 0) is 47.1 Å². The van der Waals surface area contributed by atoms with Gasteiger partial charge in [-0.15, -0.1) is 0 Å². The van der Waals surface area contributed by atoms with Gasteiger partial charge in [0.2, 0.25) is 0 Å². The molecule has 9 nitrogen and oxygen atoms in total. The van der Waals surface area contributed by atoms with E-state index >= 15 is 0 Å². The minimum absolute atomic E-state index is 0.0366. The molecule has 3 amide bonds. The van der Waals surface area contributed by atoms with Crippen LogP contribution < -0.4 is 5.43 Å². The van der Waals surface area contributed by atoms with E-state index < -0.39 is 35.5 Å². The summed E-state index contributed by atoms with van der Waals surface area (Å²) in [6.07, 6.45) is 1.49. The summed E-state index contributed by atoms with van der Waals surface area (Å²) in [5.74, 6) is 0. The molecule has 1 atom stereocenters. The lowest BCUT2D eigenvalue weighted by molar-refractivity contribution is 0.000976. The van der Waals surface area contributed by atoms with Crippen molar-refractivity contribution in [3.63, 3.8) is 0 Å². The molecule has 1 aliphatic heterocycles. The number of carbonyl (C=O) groups is 3. The number of ether oxygens (including phenoxy) is 3. The molecule has 1 N–H and O–H groups in total. The fourth-order valence-electron chi connectivity index (χ4n) is 2.80. The summed E-state index contributed by atoms with van der Waals surface area (Å²) in [4.78, 5) is 39.1. The number of carbonyl (C=O) groups excluding carboxylic acids is 3. The molecule has 0 bridgehead atoms. The molecule has 1 heterocycles. The van der Waals surface area contributed by atoms with Crippen molar-refractivity contribution in [1.29, 1.82) is 0 Å². The average Bonchev–Trinajstić information content (AvgIpc) is 3.12. The number of benzene rings is 1. The Morgan fingerprint density at radius 1 is 1.03 bits per heavy atom. The lowest BCUT2D eigenvalue weighted by Crippen LogP contribution is -2.54. The Morgan fingerprint density at radius 3 is 2.25 bits per heavy atom. The molecule has 0 spiro atoms. The molecule has 0 saturated heterocycles. The molecule has 1 aliphatic rings. The Balaban J connectivity index is 2.07. The first kappa shape index (κ1) is 25.0. The van der Waals surface area contributed by atoms with Crippen LogP contribution in [0.25, 0.3) is 0 Å². The molecule has 0 radical (unpaired) electrons. The zero-order valence-corrected chi connectivity index (χ0v) is 19.6. The van der Waals surface area contributed by atoms with Crippen molar-refractivity contribution in [3.05, 3.63) is 48.0 Å². The van der Waals surface area contributed by atoms with Crippen molar-refractivity contribution in [3.8, 4) is 0 Å². The molecular weight excluding hydrogens is 414 g/mol. The second-order valence-electron chi connectivity index (χ2n) is 9.39. The number of nitrogens with zero attached hydrogens (tertiary/aromatic N) is 2. The number of rotatable bonds is 4. The quantitative estimate of drug-likeness (QED) is 0.421. The molecule has 1 aromatic carbocycles. The molecule has 0 aliphatic carbocycles. The summed E-state index contributed by atoms with van der Waals surface area (Å²) < 4.78 is 16.1. The summed E-state index contributed by atoms with van der Waals surface area (Å²) in [6.45, 7) is 10.8. The molecule has 0 aromatic heterocycles. The monoisotopic (exact) mass is 447 g/mol. The SMILES string of the molecule is CC(C)(C)OC(=O)N(CC1C=CCN1C(=O)OC(C)(C)C)NC(=O)OCc1ccccc1. The van der Waals surface area contributed by atoms with Gasteiger partial charge >= 0.3 is 18.3 Å². The highest BCUT2D eigenvalue weighted by atomic mass is 16.6. The minimum atomic E-state index is -0.814. The largest absolute Gasteiger partial charge is 0.444 e. The van der Waals surface area contributed by atoms with Crippen molar-refractivity contribution >= 4 is 18.3 Å². The van der Waals surface area contributed by atoms with Crippen LogP contribution in [-0.2, 0) is 20.8 Å². The first-order chi connectivity index (χ1) is 14.8. The minimum Gasteiger partial charge on any atom is -0.444 e. The normalized spacial score (nSPS) is 15.8. The second-order valence-corrected chi connectivity index (χ2v) is 9.39. The molecular formula is C23H33N3O6. The van der Waals surface area contributed by atoms with Crippen molar-refractivity contribution in [1.82, 2.24) is 15.3 Å². The van der Waals surface area contributed by atoms with Crippen LogP contribution in [0.1, 0.15) is 47.1 Å². The maximum Gasteiger partial charge on any atom is 0.429 e. The lowest BCUT2D eigenvalue weighted by Gasteiger charge is -2.32. The van der Waals surface area contributed by atoms with Crippen LogP contribution in [0, 0.1) is 0 Å². The second kappa shape index (κ2) is 10.4. The number of hydrazine groups is 1. The predicted molar refractivity (Wildman–Crippen MR) is 119 cm³/mol. The number of nitrogens with one attached hydrogen (secondary N) is 1. The van der Waals surface area contributed by atoms with Crippen LogP contribution in [0.5, 0.6) is 0 Å². The average molecular weight is 448 g/mol. The smallest absolute Gasteiger partial charge is 0.429 e. The summed E-state index contributed by atoms with van der Waals surface area (Å²) in [5, 5.41) is 1.01. The van der Waals surface area contributed by atoms with E-state index in [-0.39, 0.29) is 13.2 Å². The predicted octanol–water partition coefficient (Wildman–Crippen LogP) is 4.24. The van der Waals surface area contributed by atoms with E-state index in [4.69, 9.17) is 14.2 Å². The summed E-state index contributed by atoms with van der Waals surface area (Å²) in [6, 6.07) is 8.66. The Morgan fingerprint density at radius 2 is 1.66 bits per heavy atom. The van der Waals surface area contributed by atoms with Gasteiger partial charge in [-0.1, -0.05) is 42.5 Å². The van der Waals surface area contributed by atoms with Crippen LogP contribution in [0.2, 0.25) is 0 Å². The standard InChI is InChI=1S/C23H33N3O6/c1-22(2,3)31-20(28)25-14-10-13-18(25)15-26(21(29)32-23(4,5)6)24-19(27)30-16-17-11-8-7-9-12-17/h7-13,18H,14-16H2,1-6H3,(H,24,27). The number of hydrogen-bond acceptors (Lipinski definition) is 6. The zero-order chi connectivity index (χ0) is 23.9. The van der Waals surface area contributed by atoms with Crippen molar-refractivity contribution in [2.75, 3.05) is 13.1 Å². The molecule has 1 unspecified atom stereocenters. The van der Waals surface area contributed by atoms with Crippen molar-refractivity contribution in [2.24, 2.45) is 0 Å². The molecule has 1 aromatic rings. The Labute approximate surface area is 189 Å². The van der Waals surface area contributed by atoms with E-state index in [2.05, 4.69) is 5.43 Å². The van der Waals surface area contributed by atoms with Gasteiger partial charge < -0.3 is 14.2 Å². The fourth-order valence-corrected chi connectivity index (χ4v) is 2.80. The van der Waals surface area contributed by atoms with Gasteiger partial charge in [-0.2, -0.15) is 0 Å². The van der Waals surface area contributed by atoms with Gasteiger partial charge in [0.05, 0.1) is 12.6 Å². The van der Waals surface area contributed by atoms with Crippen LogP contribution in [0.4, 0.5) is 14.4 Å². The highest BCUT2D eigenvalue weighted by Crippen LogP contribution is 2.18. The van der Waals surface area contributed by atoms with E-state index in [9.17, 15) is 14.4 Å². The fraction of sp³-hybridized carbons (Fsp3) is 0.522. The Bertz CT molecular complexity index is 826. The highest BCUT2D eigenvalue weighted by Gasteiger charge is 2.33. The van der Waals surface area contributed by atoms with Gasteiger partial charge in [0.1, 0.15) is 17.8 Å². The first-order valence-electron chi connectivity index (χ1n) is 10.5. The molecule has 0 fully saturated rings. The van der Waals surface area contributed by atoms with Crippen molar-refractivity contribution in [2.45, 2.75) is 65.4 Å². The van der Waals surface area contributed by atoms with Gasteiger partial charge in [0.25, 0.3) is 0 Å². The van der Waals surface area contributed by atoms with Gasteiger partial charge in [-0.3, -0.25) is 4.90 Å². The van der Waals surface area contributed by atoms with Crippen LogP contribution in [0.15, 0.2) is 42.5 Å². The maximum absolute atomic E-state index is 12.7. The number of amides is 3. The van der Waals surface area contributed by atoms with E-state index in [0.29, 0.717) is 6.54 Å². The summed E-state index contributed by atoms with van der Waals surface area (Å²) in [5.41, 5.74) is 1.80. The van der Waals surface area contributed by atoms with Crippen LogP contribution >= 0.6 is 0 Å². The topological polar surface area (TPSA) is 97.4 Å². The third kappa shape index (κ3) is 8.49. The molecule has 176 valence electrons. The Kier molecular flexibility index (Phi) is 8.13. The molecule has 2 rings (SSSR count). The summed E-state index contributed by atoms with van der Waals surface area (Å²) >= 11 is 0. The van der Waals surface area contributed by atoms with E-state index in [1.54, 1.807) is 53.7 Å². The van der Waals surface area contributed by atoms with E-state index in [0.717, 1.165) is 10.6 Å². The summed E-state index contributed by atoms with van der Waals surface area (Å²) in [7, 11) is 0. The zero-order valence-electron chi connectivity index (χ0n) is 19.6. The molecule has 32 heavy (non-hydrogen) atoms. The number of hydrogen-bond donors (Lipinski definition) is 1. The van der Waals surface area contributed by atoms with Gasteiger partial charge in [0.15, 0.2) is 0 Å². The van der Waals surface area contributed by atoms with E-state index in [1.807, 2.05) is 30.3 Å². The third-order valence-electron chi connectivity index (χ3n) is 4.11. The highest BCUT2D eigenvalue weighted by molar-refractivity contribution is 5.75. The third-order valence-corrected chi connectivity index (χ3v) is 4.11. The van der Waals surface area contributed by atoms with Crippen LogP contribution in [0.3, 0.4) is 0 Å². The van der Waals surface area contributed by atoms with Gasteiger partial charge in [0, 0.05) is 6.54 Å². The van der Waals surface area contributed by atoms with E-state index in [1.165, 1.54) is 4.90 Å².